The van der Waals surface area contributed by atoms with Gasteiger partial charge in [-0.05, 0) is 30.1 Å². The second-order valence-electron chi connectivity index (χ2n) is 5.74. The van der Waals surface area contributed by atoms with Crippen LogP contribution < -0.4 is 0 Å². The highest BCUT2D eigenvalue weighted by atomic mass is 16.6. The lowest BCUT2D eigenvalue weighted by Gasteiger charge is -2.28. The van der Waals surface area contributed by atoms with E-state index in [0.29, 0.717) is 17.3 Å². The molecular formula is C13H18O2. The average molecular weight is 206 g/mol. The van der Waals surface area contributed by atoms with Gasteiger partial charge in [0.05, 0.1) is 5.92 Å². The molecule has 6 atom stereocenters. The summed E-state index contributed by atoms with van der Waals surface area (Å²) in [6.07, 6.45) is 4.50. The lowest BCUT2D eigenvalue weighted by atomic mass is 9.77. The average Bonchev–Trinajstić information content (AvgIpc) is 2.68. The van der Waals surface area contributed by atoms with E-state index in [4.69, 9.17) is 4.74 Å². The molecule has 3 aliphatic rings. The Morgan fingerprint density at radius 2 is 2.33 bits per heavy atom. The molecule has 0 N–H and O–H groups in total. The predicted molar refractivity (Wildman–Crippen MR) is 57.1 cm³/mol. The van der Waals surface area contributed by atoms with Crippen molar-refractivity contribution in [1.29, 1.82) is 0 Å². The van der Waals surface area contributed by atoms with Gasteiger partial charge in [0.2, 0.25) is 0 Å². The van der Waals surface area contributed by atoms with Crippen LogP contribution in [0, 0.1) is 29.1 Å². The van der Waals surface area contributed by atoms with Crippen LogP contribution in [0.3, 0.4) is 0 Å². The number of ether oxygens (including phenoxy) is 1. The van der Waals surface area contributed by atoms with Crippen molar-refractivity contribution in [3.05, 3.63) is 12.7 Å². The van der Waals surface area contributed by atoms with Gasteiger partial charge in [0.25, 0.3) is 0 Å². The Labute approximate surface area is 90.7 Å². The van der Waals surface area contributed by atoms with Gasteiger partial charge < -0.3 is 4.74 Å². The molecule has 3 fully saturated rings. The number of carbonyl (C=O) groups is 1. The monoisotopic (exact) mass is 206 g/mol. The van der Waals surface area contributed by atoms with Crippen molar-refractivity contribution in [3.63, 3.8) is 0 Å². The van der Waals surface area contributed by atoms with E-state index < -0.39 is 0 Å². The fourth-order valence-electron chi connectivity index (χ4n) is 3.95. The minimum atomic E-state index is 0.0186. The molecule has 2 nitrogen and oxygen atoms in total. The first-order chi connectivity index (χ1) is 7.08. The molecule has 1 aliphatic heterocycles. The van der Waals surface area contributed by atoms with E-state index in [1.807, 2.05) is 6.92 Å². The molecule has 6 unspecified atom stereocenters. The summed E-state index contributed by atoms with van der Waals surface area (Å²) in [4.78, 5) is 11.5. The largest absolute Gasteiger partial charge is 0.462 e. The Balaban J connectivity index is 1.84. The van der Waals surface area contributed by atoms with Gasteiger partial charge in [-0.3, -0.25) is 4.79 Å². The highest BCUT2D eigenvalue weighted by molar-refractivity contribution is 5.75. The summed E-state index contributed by atoms with van der Waals surface area (Å²) < 4.78 is 5.46. The third-order valence-electron chi connectivity index (χ3n) is 5.11. The van der Waals surface area contributed by atoms with Crippen LogP contribution in [0.25, 0.3) is 0 Å². The molecule has 0 aromatic carbocycles. The van der Waals surface area contributed by atoms with Crippen LogP contribution in [0.4, 0.5) is 0 Å². The Morgan fingerprint density at radius 1 is 1.60 bits per heavy atom. The van der Waals surface area contributed by atoms with Crippen LogP contribution in [0.2, 0.25) is 0 Å². The van der Waals surface area contributed by atoms with Crippen LogP contribution in [0.5, 0.6) is 0 Å². The van der Waals surface area contributed by atoms with E-state index in [1.165, 1.54) is 0 Å². The van der Waals surface area contributed by atoms with Crippen LogP contribution in [0.15, 0.2) is 12.7 Å². The first kappa shape index (κ1) is 9.44. The number of allylic oxidation sites excluding steroid dienone is 1. The van der Waals surface area contributed by atoms with Crippen molar-refractivity contribution >= 4 is 5.97 Å². The van der Waals surface area contributed by atoms with Gasteiger partial charge in [0, 0.05) is 5.92 Å². The van der Waals surface area contributed by atoms with Gasteiger partial charge in [-0.2, -0.15) is 0 Å². The van der Waals surface area contributed by atoms with E-state index in [2.05, 4.69) is 19.6 Å². The number of hydrogen-bond donors (Lipinski definition) is 0. The van der Waals surface area contributed by atoms with Crippen molar-refractivity contribution in [2.75, 3.05) is 0 Å². The van der Waals surface area contributed by atoms with Gasteiger partial charge in [-0.1, -0.05) is 19.9 Å². The zero-order valence-corrected chi connectivity index (χ0v) is 9.40. The lowest BCUT2D eigenvalue weighted by molar-refractivity contribution is -0.144. The molecule has 0 radical (unpaired) electrons. The zero-order chi connectivity index (χ0) is 10.8. The highest BCUT2D eigenvalue weighted by Crippen LogP contribution is 2.69. The van der Waals surface area contributed by atoms with Crippen LogP contribution in [-0.4, -0.2) is 12.1 Å². The normalized spacial score (nSPS) is 56.7. The molecule has 2 saturated carbocycles. The van der Waals surface area contributed by atoms with E-state index in [-0.39, 0.29) is 18.0 Å². The molecule has 0 amide bonds. The summed E-state index contributed by atoms with van der Waals surface area (Å²) >= 11 is 0. The molecule has 1 saturated heterocycles. The number of fused-ring (bicyclic) bond motifs is 2. The van der Waals surface area contributed by atoms with E-state index >= 15 is 0 Å². The quantitative estimate of drug-likeness (QED) is 0.486. The predicted octanol–water partition coefficient (Wildman–Crippen LogP) is 2.40. The maximum Gasteiger partial charge on any atom is 0.309 e. The number of esters is 1. The highest BCUT2D eigenvalue weighted by Gasteiger charge is 2.66. The maximum absolute atomic E-state index is 11.5. The van der Waals surface area contributed by atoms with Gasteiger partial charge >= 0.3 is 5.97 Å². The molecule has 3 rings (SSSR count). The molecule has 82 valence electrons. The molecule has 0 bridgehead atoms. The second-order valence-corrected chi connectivity index (χ2v) is 5.74. The van der Waals surface area contributed by atoms with Crippen molar-refractivity contribution in [2.24, 2.45) is 29.1 Å². The topological polar surface area (TPSA) is 26.3 Å². The van der Waals surface area contributed by atoms with Gasteiger partial charge in [0.1, 0.15) is 6.10 Å². The minimum Gasteiger partial charge on any atom is -0.462 e. The SMILES string of the molecule is C=CC1C2CC3C(CC12C)OC(=O)C3C. The van der Waals surface area contributed by atoms with Crippen molar-refractivity contribution in [3.8, 4) is 0 Å². The van der Waals surface area contributed by atoms with Gasteiger partial charge in [0.15, 0.2) is 0 Å². The number of hydrogen-bond acceptors (Lipinski definition) is 2. The molecule has 0 aromatic heterocycles. The molecule has 2 heteroatoms. The molecular weight excluding hydrogens is 188 g/mol. The first-order valence-electron chi connectivity index (χ1n) is 5.91. The summed E-state index contributed by atoms with van der Waals surface area (Å²) in [6, 6.07) is 0. The van der Waals surface area contributed by atoms with E-state index in [9.17, 15) is 4.79 Å². The molecule has 0 aromatic rings. The molecule has 15 heavy (non-hydrogen) atoms. The van der Waals surface area contributed by atoms with Gasteiger partial charge in [-0.15, -0.1) is 6.58 Å². The van der Waals surface area contributed by atoms with Crippen molar-refractivity contribution in [1.82, 2.24) is 0 Å². The molecule has 1 heterocycles. The summed E-state index contributed by atoms with van der Waals surface area (Å²) in [7, 11) is 0. The molecule has 2 aliphatic carbocycles. The first-order valence-corrected chi connectivity index (χ1v) is 5.91. The third-order valence-corrected chi connectivity index (χ3v) is 5.11. The minimum absolute atomic E-state index is 0.0186. The fraction of sp³-hybridized carbons (Fsp3) is 0.769. The van der Waals surface area contributed by atoms with Crippen LogP contribution >= 0.6 is 0 Å². The molecule has 0 spiro atoms. The Kier molecular flexibility index (Phi) is 1.67. The fourth-order valence-corrected chi connectivity index (χ4v) is 3.95. The summed E-state index contributed by atoms with van der Waals surface area (Å²) in [5.74, 6) is 2.03. The summed E-state index contributed by atoms with van der Waals surface area (Å²) in [5.41, 5.74) is 0.382. The Morgan fingerprint density at radius 3 is 3.00 bits per heavy atom. The summed E-state index contributed by atoms with van der Waals surface area (Å²) in [6.45, 7) is 8.24. The third kappa shape index (κ3) is 1.03. The second kappa shape index (κ2) is 2.66. The number of carbonyl (C=O) groups excluding carboxylic acids is 1. The van der Waals surface area contributed by atoms with E-state index in [0.717, 1.165) is 18.8 Å². The summed E-state index contributed by atoms with van der Waals surface area (Å²) in [5, 5.41) is 0. The van der Waals surface area contributed by atoms with Crippen molar-refractivity contribution in [2.45, 2.75) is 32.8 Å². The zero-order valence-electron chi connectivity index (χ0n) is 9.40. The van der Waals surface area contributed by atoms with E-state index in [1.54, 1.807) is 0 Å². The van der Waals surface area contributed by atoms with Crippen LogP contribution in [-0.2, 0) is 9.53 Å². The Hall–Kier alpha value is -0.790. The van der Waals surface area contributed by atoms with Gasteiger partial charge in [-0.25, -0.2) is 0 Å². The Bertz CT molecular complexity index is 335. The van der Waals surface area contributed by atoms with Crippen molar-refractivity contribution < 1.29 is 9.53 Å². The maximum atomic E-state index is 11.5. The standard InChI is InChI=1S/C13H18O2/c1-4-9-10-5-8-7(2)12(14)15-11(8)6-13(9,10)3/h4,7-11H,1,5-6H2,2-3H3. The van der Waals surface area contributed by atoms with Crippen LogP contribution in [0.1, 0.15) is 26.7 Å². The smallest absolute Gasteiger partial charge is 0.309 e. The number of rotatable bonds is 1. The lowest BCUT2D eigenvalue weighted by Crippen LogP contribution is -2.28.